The van der Waals surface area contributed by atoms with Gasteiger partial charge in [0.2, 0.25) is 0 Å². The summed E-state index contributed by atoms with van der Waals surface area (Å²) in [5.41, 5.74) is 1.05. The quantitative estimate of drug-likeness (QED) is 0.622. The van der Waals surface area contributed by atoms with Crippen LogP contribution in [0.3, 0.4) is 0 Å². The van der Waals surface area contributed by atoms with E-state index >= 15 is 0 Å². The van der Waals surface area contributed by atoms with E-state index in [-0.39, 0.29) is 22.6 Å². The first-order chi connectivity index (χ1) is 8.49. The fraction of sp³-hybridized carbons (Fsp3) is 0.571. The number of hydrogen-bond acceptors (Lipinski definition) is 3. The van der Waals surface area contributed by atoms with Crippen LogP contribution in [0.15, 0.2) is 24.3 Å². The van der Waals surface area contributed by atoms with Gasteiger partial charge in [0.1, 0.15) is 0 Å². The van der Waals surface area contributed by atoms with Gasteiger partial charge in [0.05, 0.1) is 4.92 Å². The zero-order valence-corrected chi connectivity index (χ0v) is 11.5. The molecule has 0 amide bonds. The van der Waals surface area contributed by atoms with Gasteiger partial charge in [-0.1, -0.05) is 39.0 Å². The average Bonchev–Trinajstić information content (AvgIpc) is 2.29. The molecule has 2 atom stereocenters. The molecule has 1 N–H and O–H groups in total. The number of benzene rings is 1. The van der Waals surface area contributed by atoms with Gasteiger partial charge in [-0.05, 0) is 19.4 Å². The number of rotatable bonds is 6. The van der Waals surface area contributed by atoms with E-state index < -0.39 is 0 Å². The number of hydrogen-bond donors (Lipinski definition) is 1. The van der Waals surface area contributed by atoms with Crippen LogP contribution in [-0.4, -0.2) is 17.5 Å². The second kappa shape index (κ2) is 6.50. The van der Waals surface area contributed by atoms with E-state index in [1.165, 1.54) is 0 Å². The minimum atomic E-state index is -0.288. The van der Waals surface area contributed by atoms with Gasteiger partial charge in [0.15, 0.2) is 0 Å². The molecular weight excluding hydrogens is 228 g/mol. The summed E-state index contributed by atoms with van der Waals surface area (Å²) in [6.45, 7) is 9.22. The summed E-state index contributed by atoms with van der Waals surface area (Å²) in [5.74, 6) is 0.492. The predicted molar refractivity (Wildman–Crippen MR) is 73.8 cm³/mol. The summed E-state index contributed by atoms with van der Waals surface area (Å²) in [6, 6.07) is 7.27. The maximum atomic E-state index is 11.1. The van der Waals surface area contributed by atoms with E-state index in [2.05, 4.69) is 26.1 Å². The third-order valence-electron chi connectivity index (χ3n) is 3.28. The van der Waals surface area contributed by atoms with E-state index in [1.54, 1.807) is 12.1 Å². The Labute approximate surface area is 109 Å². The highest BCUT2D eigenvalue weighted by Crippen LogP contribution is 2.34. The van der Waals surface area contributed by atoms with Crippen molar-refractivity contribution in [3.63, 3.8) is 0 Å². The van der Waals surface area contributed by atoms with Crippen LogP contribution in [0, 0.1) is 16.0 Å². The van der Waals surface area contributed by atoms with Gasteiger partial charge >= 0.3 is 0 Å². The van der Waals surface area contributed by atoms with Crippen molar-refractivity contribution >= 4 is 5.69 Å². The molecule has 0 aromatic heterocycles. The summed E-state index contributed by atoms with van der Waals surface area (Å²) in [6.07, 6.45) is 0. The molecule has 4 heteroatoms. The molecule has 0 heterocycles. The minimum Gasteiger partial charge on any atom is -0.314 e. The predicted octanol–water partition coefficient (Wildman–Crippen LogP) is 3.33. The van der Waals surface area contributed by atoms with Gasteiger partial charge in [-0.2, -0.15) is 0 Å². The average molecular weight is 250 g/mol. The highest BCUT2D eigenvalue weighted by molar-refractivity contribution is 5.43. The Balaban J connectivity index is 3.17. The zero-order chi connectivity index (χ0) is 13.7. The Bertz CT molecular complexity index is 405. The molecule has 0 bridgehead atoms. The van der Waals surface area contributed by atoms with Crippen LogP contribution >= 0.6 is 0 Å². The zero-order valence-electron chi connectivity index (χ0n) is 11.5. The summed E-state index contributed by atoms with van der Waals surface area (Å²) >= 11 is 0. The standard InChI is InChI=1S/C14H22N2O2/c1-5-15-11(4)14(10(2)3)12-8-6-7-9-13(12)16(17)18/h6-11,14-15H,5H2,1-4H3. The Hall–Kier alpha value is -1.42. The summed E-state index contributed by atoms with van der Waals surface area (Å²) in [5, 5.41) is 14.5. The van der Waals surface area contributed by atoms with Crippen molar-refractivity contribution in [2.24, 2.45) is 5.92 Å². The molecule has 0 saturated heterocycles. The largest absolute Gasteiger partial charge is 0.314 e. The Morgan fingerprint density at radius 2 is 1.89 bits per heavy atom. The number of nitrogens with one attached hydrogen (secondary N) is 1. The first-order valence-electron chi connectivity index (χ1n) is 6.45. The molecular formula is C14H22N2O2. The maximum absolute atomic E-state index is 11.1. The second-order valence-electron chi connectivity index (χ2n) is 4.93. The number of nitro benzene ring substituents is 1. The van der Waals surface area contributed by atoms with Crippen LogP contribution in [-0.2, 0) is 0 Å². The lowest BCUT2D eigenvalue weighted by atomic mass is 9.82. The van der Waals surface area contributed by atoms with Crippen molar-refractivity contribution in [1.29, 1.82) is 0 Å². The van der Waals surface area contributed by atoms with Gasteiger partial charge in [0, 0.05) is 23.6 Å². The third-order valence-corrected chi connectivity index (χ3v) is 3.28. The SMILES string of the molecule is CCNC(C)C(c1ccccc1[N+](=O)[O-])C(C)C. The van der Waals surface area contributed by atoms with E-state index in [9.17, 15) is 10.1 Å². The van der Waals surface area contributed by atoms with Crippen LogP contribution in [0.4, 0.5) is 5.69 Å². The molecule has 0 fully saturated rings. The van der Waals surface area contributed by atoms with Gasteiger partial charge in [0.25, 0.3) is 5.69 Å². The van der Waals surface area contributed by atoms with Crippen LogP contribution in [0.5, 0.6) is 0 Å². The molecule has 1 aromatic carbocycles. The lowest BCUT2D eigenvalue weighted by molar-refractivity contribution is -0.385. The van der Waals surface area contributed by atoms with Crippen molar-refractivity contribution in [3.8, 4) is 0 Å². The second-order valence-corrected chi connectivity index (χ2v) is 4.93. The first kappa shape index (κ1) is 14.6. The fourth-order valence-electron chi connectivity index (χ4n) is 2.59. The summed E-state index contributed by atoms with van der Waals surface area (Å²) in [7, 11) is 0. The van der Waals surface area contributed by atoms with E-state index in [1.807, 2.05) is 19.1 Å². The summed E-state index contributed by atoms with van der Waals surface area (Å²) in [4.78, 5) is 10.8. The molecule has 1 rings (SSSR count). The number of para-hydroxylation sites is 1. The maximum Gasteiger partial charge on any atom is 0.272 e. The molecule has 1 aromatic rings. The van der Waals surface area contributed by atoms with Gasteiger partial charge in [-0.15, -0.1) is 0 Å². The number of likely N-dealkylation sites (N-methyl/N-ethyl adjacent to an activating group) is 1. The van der Waals surface area contributed by atoms with Crippen molar-refractivity contribution in [3.05, 3.63) is 39.9 Å². The molecule has 2 unspecified atom stereocenters. The smallest absolute Gasteiger partial charge is 0.272 e. The van der Waals surface area contributed by atoms with Crippen LogP contribution in [0.2, 0.25) is 0 Å². The molecule has 0 aliphatic rings. The topological polar surface area (TPSA) is 55.2 Å². The molecule has 0 aliphatic carbocycles. The van der Waals surface area contributed by atoms with Crippen LogP contribution in [0.1, 0.15) is 39.2 Å². The summed E-state index contributed by atoms with van der Waals surface area (Å²) < 4.78 is 0. The normalized spacial score (nSPS) is 14.5. The lowest BCUT2D eigenvalue weighted by Crippen LogP contribution is -2.34. The van der Waals surface area contributed by atoms with Gasteiger partial charge < -0.3 is 5.32 Å². The van der Waals surface area contributed by atoms with Crippen LogP contribution in [0.25, 0.3) is 0 Å². The van der Waals surface area contributed by atoms with Gasteiger partial charge in [-0.25, -0.2) is 0 Å². The van der Waals surface area contributed by atoms with Crippen molar-refractivity contribution in [2.75, 3.05) is 6.54 Å². The number of nitro groups is 1. The first-order valence-corrected chi connectivity index (χ1v) is 6.45. The lowest BCUT2D eigenvalue weighted by Gasteiger charge is -2.28. The molecule has 18 heavy (non-hydrogen) atoms. The molecule has 0 saturated carbocycles. The van der Waals surface area contributed by atoms with E-state index in [0.717, 1.165) is 12.1 Å². The van der Waals surface area contributed by atoms with E-state index in [0.29, 0.717) is 5.92 Å². The molecule has 100 valence electrons. The van der Waals surface area contributed by atoms with Crippen molar-refractivity contribution in [1.82, 2.24) is 5.32 Å². The molecule has 0 spiro atoms. The third kappa shape index (κ3) is 3.29. The Kier molecular flexibility index (Phi) is 5.28. The van der Waals surface area contributed by atoms with Crippen molar-refractivity contribution in [2.45, 2.75) is 39.7 Å². The molecule has 0 radical (unpaired) electrons. The monoisotopic (exact) mass is 250 g/mol. The van der Waals surface area contributed by atoms with E-state index in [4.69, 9.17) is 0 Å². The highest BCUT2D eigenvalue weighted by Gasteiger charge is 2.28. The number of nitrogens with zero attached hydrogens (tertiary/aromatic N) is 1. The molecule has 4 nitrogen and oxygen atoms in total. The Morgan fingerprint density at radius 1 is 1.28 bits per heavy atom. The Morgan fingerprint density at radius 3 is 2.39 bits per heavy atom. The molecule has 0 aliphatic heterocycles. The van der Waals surface area contributed by atoms with Gasteiger partial charge in [-0.3, -0.25) is 10.1 Å². The van der Waals surface area contributed by atoms with Crippen LogP contribution < -0.4 is 5.32 Å². The minimum absolute atomic E-state index is 0.145. The van der Waals surface area contributed by atoms with Crippen molar-refractivity contribution < 1.29 is 4.92 Å². The highest BCUT2D eigenvalue weighted by atomic mass is 16.6. The fourth-order valence-corrected chi connectivity index (χ4v) is 2.59.